The number of rotatable bonds is 2. The number of aliphatic hydroxyl groups excluding tert-OH is 1. The fraction of sp³-hybridized carbons (Fsp3) is 0.278. The van der Waals surface area contributed by atoms with Crippen molar-refractivity contribution in [2.24, 2.45) is 5.92 Å². The van der Waals surface area contributed by atoms with Crippen LogP contribution in [0.25, 0.3) is 0 Å². The molecule has 0 spiro atoms. The van der Waals surface area contributed by atoms with E-state index < -0.39 is 23.4 Å². The highest BCUT2D eigenvalue weighted by Crippen LogP contribution is 2.49. The molecular weight excluding hydrogens is 296 g/mol. The number of ether oxygens (including phenoxy) is 1. The fourth-order valence-electron chi connectivity index (χ4n) is 3.11. The molecular formula is C18H18O5. The molecule has 2 aliphatic rings. The maximum atomic E-state index is 12.4. The fourth-order valence-corrected chi connectivity index (χ4v) is 3.11. The number of aliphatic hydroxyl groups is 3. The van der Waals surface area contributed by atoms with Crippen molar-refractivity contribution in [2.75, 3.05) is 0 Å². The Kier molecular flexibility index (Phi) is 3.62. The maximum absolute atomic E-state index is 12.4. The van der Waals surface area contributed by atoms with E-state index in [2.05, 4.69) is 0 Å². The Labute approximate surface area is 133 Å². The molecule has 2 atom stereocenters. The van der Waals surface area contributed by atoms with Crippen LogP contribution in [-0.4, -0.2) is 26.9 Å². The van der Waals surface area contributed by atoms with Gasteiger partial charge in [-0.15, -0.1) is 0 Å². The zero-order valence-electron chi connectivity index (χ0n) is 12.9. The van der Waals surface area contributed by atoms with Gasteiger partial charge in [0.15, 0.2) is 11.5 Å². The predicted octanol–water partition coefficient (Wildman–Crippen LogP) is 2.33. The summed E-state index contributed by atoms with van der Waals surface area (Å²) in [6.07, 6.45) is 4.56. The highest BCUT2D eigenvalue weighted by Gasteiger charge is 2.52. The summed E-state index contributed by atoms with van der Waals surface area (Å²) in [6.45, 7) is 3.14. The van der Waals surface area contributed by atoms with Crippen LogP contribution in [-0.2, 0) is 4.79 Å². The standard InChI is InChI=1S/C18H18O5/c1-10(2)17(20)18(21,22)16-11-6-3-4-8-13(11)23-14-9-5-7-12(19)15(14)16/h3-9,15-16,20-22H,1-2H3. The second kappa shape index (κ2) is 5.37. The van der Waals surface area contributed by atoms with Crippen LogP contribution >= 0.6 is 0 Å². The third-order valence-electron chi connectivity index (χ3n) is 4.21. The van der Waals surface area contributed by atoms with Crippen LogP contribution in [0.1, 0.15) is 25.3 Å². The van der Waals surface area contributed by atoms with E-state index in [1.165, 1.54) is 6.08 Å². The van der Waals surface area contributed by atoms with Gasteiger partial charge in [-0.3, -0.25) is 4.79 Å². The summed E-state index contributed by atoms with van der Waals surface area (Å²) in [6, 6.07) is 6.84. The summed E-state index contributed by atoms with van der Waals surface area (Å²) in [5, 5.41) is 31.5. The van der Waals surface area contributed by atoms with E-state index in [1.807, 2.05) is 0 Å². The Morgan fingerprint density at radius 1 is 1.22 bits per heavy atom. The van der Waals surface area contributed by atoms with E-state index in [-0.39, 0.29) is 5.78 Å². The highest BCUT2D eigenvalue weighted by molar-refractivity contribution is 5.96. The number of hydrogen-bond acceptors (Lipinski definition) is 5. The van der Waals surface area contributed by atoms with Crippen molar-refractivity contribution < 1.29 is 24.9 Å². The van der Waals surface area contributed by atoms with Crippen LogP contribution in [0.3, 0.4) is 0 Å². The SMILES string of the molecule is CC(C)=C(O)C(O)(O)C1c2ccccc2OC2=CC=CC(=O)C21. The van der Waals surface area contributed by atoms with Crippen molar-refractivity contribution in [3.8, 4) is 5.75 Å². The normalized spacial score (nSPS) is 22.6. The minimum atomic E-state index is -2.58. The number of hydrogen-bond donors (Lipinski definition) is 3. The van der Waals surface area contributed by atoms with Crippen LogP contribution in [0, 0.1) is 5.92 Å². The van der Waals surface area contributed by atoms with Crippen molar-refractivity contribution in [2.45, 2.75) is 25.6 Å². The lowest BCUT2D eigenvalue weighted by Gasteiger charge is -2.41. The second-order valence-electron chi connectivity index (χ2n) is 6.00. The van der Waals surface area contributed by atoms with Gasteiger partial charge in [-0.2, -0.15) is 0 Å². The molecule has 1 heterocycles. The van der Waals surface area contributed by atoms with Crippen LogP contribution in [0.5, 0.6) is 5.75 Å². The van der Waals surface area contributed by atoms with Crippen LogP contribution < -0.4 is 4.74 Å². The summed E-state index contributed by atoms with van der Waals surface area (Å²) >= 11 is 0. The summed E-state index contributed by atoms with van der Waals surface area (Å²) in [4.78, 5) is 12.4. The molecule has 1 aromatic rings. The molecule has 0 radical (unpaired) electrons. The molecule has 23 heavy (non-hydrogen) atoms. The molecule has 2 unspecified atom stereocenters. The van der Waals surface area contributed by atoms with Crippen molar-refractivity contribution in [3.05, 3.63) is 65.1 Å². The van der Waals surface area contributed by atoms with Gasteiger partial charge in [0.1, 0.15) is 11.5 Å². The minimum Gasteiger partial charge on any atom is -0.507 e. The Balaban J connectivity index is 2.23. The lowest BCUT2D eigenvalue weighted by atomic mass is 9.72. The van der Waals surface area contributed by atoms with E-state index in [4.69, 9.17) is 4.74 Å². The number of benzene rings is 1. The van der Waals surface area contributed by atoms with Crippen LogP contribution in [0.2, 0.25) is 0 Å². The number of allylic oxidation sites excluding steroid dienone is 5. The number of carbonyl (C=O) groups excluding carboxylic acids is 1. The number of ketones is 1. The van der Waals surface area contributed by atoms with Gasteiger partial charge in [-0.25, -0.2) is 0 Å². The minimum absolute atomic E-state index is 0.295. The van der Waals surface area contributed by atoms with Gasteiger partial charge >= 0.3 is 0 Å². The van der Waals surface area contributed by atoms with Crippen molar-refractivity contribution >= 4 is 5.78 Å². The zero-order chi connectivity index (χ0) is 16.8. The molecule has 3 rings (SSSR count). The number of para-hydroxylation sites is 1. The summed E-state index contributed by atoms with van der Waals surface area (Å²) in [7, 11) is 0. The Hall–Kier alpha value is -2.37. The first-order valence-electron chi connectivity index (χ1n) is 7.34. The van der Waals surface area contributed by atoms with E-state index in [0.717, 1.165) is 0 Å². The summed E-state index contributed by atoms with van der Waals surface area (Å²) in [5.74, 6) is -4.61. The monoisotopic (exact) mass is 314 g/mol. The Morgan fingerprint density at radius 2 is 1.91 bits per heavy atom. The quantitative estimate of drug-likeness (QED) is 0.576. The first-order chi connectivity index (χ1) is 10.8. The maximum Gasteiger partial charge on any atom is 0.230 e. The van der Waals surface area contributed by atoms with Gasteiger partial charge < -0.3 is 20.1 Å². The molecule has 0 aromatic heterocycles. The average molecular weight is 314 g/mol. The molecule has 1 aromatic carbocycles. The molecule has 0 amide bonds. The number of carbonyl (C=O) groups is 1. The van der Waals surface area contributed by atoms with Gasteiger partial charge in [0.25, 0.3) is 0 Å². The van der Waals surface area contributed by atoms with Gasteiger partial charge in [0.2, 0.25) is 5.79 Å². The molecule has 5 heteroatoms. The van der Waals surface area contributed by atoms with Gasteiger partial charge in [0.05, 0.1) is 11.8 Å². The van der Waals surface area contributed by atoms with E-state index in [1.54, 1.807) is 50.3 Å². The van der Waals surface area contributed by atoms with Gasteiger partial charge in [0, 0.05) is 5.56 Å². The van der Waals surface area contributed by atoms with Gasteiger partial charge in [-0.1, -0.05) is 24.3 Å². The van der Waals surface area contributed by atoms with E-state index in [9.17, 15) is 20.1 Å². The molecule has 0 bridgehead atoms. The topological polar surface area (TPSA) is 87.0 Å². The Morgan fingerprint density at radius 3 is 2.61 bits per heavy atom. The molecule has 0 fully saturated rings. The molecule has 0 saturated heterocycles. The lowest BCUT2D eigenvalue weighted by Crippen LogP contribution is -2.47. The summed E-state index contributed by atoms with van der Waals surface area (Å²) < 4.78 is 5.74. The molecule has 1 aliphatic heterocycles. The van der Waals surface area contributed by atoms with E-state index >= 15 is 0 Å². The Bertz CT molecular complexity index is 750. The number of fused-ring (bicyclic) bond motifs is 2. The van der Waals surface area contributed by atoms with E-state index in [0.29, 0.717) is 22.6 Å². The lowest BCUT2D eigenvalue weighted by molar-refractivity contribution is -0.183. The third-order valence-corrected chi connectivity index (χ3v) is 4.21. The zero-order valence-corrected chi connectivity index (χ0v) is 12.9. The third kappa shape index (κ3) is 2.38. The molecule has 0 saturated carbocycles. The van der Waals surface area contributed by atoms with Gasteiger partial charge in [-0.05, 0) is 37.6 Å². The molecule has 1 aliphatic carbocycles. The molecule has 120 valence electrons. The van der Waals surface area contributed by atoms with Crippen molar-refractivity contribution in [3.63, 3.8) is 0 Å². The predicted molar refractivity (Wildman–Crippen MR) is 83.7 cm³/mol. The molecule has 5 nitrogen and oxygen atoms in total. The second-order valence-corrected chi connectivity index (χ2v) is 6.00. The van der Waals surface area contributed by atoms with Crippen molar-refractivity contribution in [1.29, 1.82) is 0 Å². The largest absolute Gasteiger partial charge is 0.507 e. The summed E-state index contributed by atoms with van der Waals surface area (Å²) in [5.41, 5.74) is 0.833. The van der Waals surface area contributed by atoms with Crippen LogP contribution in [0.15, 0.2) is 59.6 Å². The molecule has 3 N–H and O–H groups in total. The smallest absolute Gasteiger partial charge is 0.230 e. The average Bonchev–Trinajstić information content (AvgIpc) is 2.52. The van der Waals surface area contributed by atoms with Crippen molar-refractivity contribution in [1.82, 2.24) is 0 Å². The van der Waals surface area contributed by atoms with Crippen LogP contribution in [0.4, 0.5) is 0 Å². The first-order valence-corrected chi connectivity index (χ1v) is 7.34. The first kappa shape index (κ1) is 15.5. The highest BCUT2D eigenvalue weighted by atomic mass is 16.5.